The highest BCUT2D eigenvalue weighted by Gasteiger charge is 2.46. The van der Waals surface area contributed by atoms with Crippen LogP contribution in [-0.2, 0) is 19.1 Å². The van der Waals surface area contributed by atoms with Crippen molar-refractivity contribution in [2.75, 3.05) is 0 Å². The van der Waals surface area contributed by atoms with E-state index in [4.69, 9.17) is 9.47 Å². The Bertz CT molecular complexity index is 697. The second-order valence-corrected chi connectivity index (χ2v) is 7.26. The number of hydrogen-bond acceptors (Lipinski definition) is 7. The summed E-state index contributed by atoms with van der Waals surface area (Å²) in [7, 11) is 0. The minimum Gasteiger partial charge on any atom is -0.444 e. The van der Waals surface area contributed by atoms with Crippen molar-refractivity contribution in [1.29, 1.82) is 10.5 Å². The largest absolute Gasteiger partial charge is 0.444 e. The molecule has 0 aliphatic heterocycles. The van der Waals surface area contributed by atoms with Gasteiger partial charge in [-0.1, -0.05) is 12.2 Å². The Hall–Kier alpha value is -3.07. The molecule has 0 spiro atoms. The lowest BCUT2D eigenvalue weighted by Gasteiger charge is -2.36. The van der Waals surface area contributed by atoms with Gasteiger partial charge in [-0.3, -0.25) is 9.59 Å². The van der Waals surface area contributed by atoms with Gasteiger partial charge in [-0.25, -0.2) is 4.79 Å². The zero-order chi connectivity index (χ0) is 20.8. The van der Waals surface area contributed by atoms with E-state index in [0.29, 0.717) is 0 Å². The summed E-state index contributed by atoms with van der Waals surface area (Å²) in [5, 5.41) is 24.2. The third-order valence-corrected chi connectivity index (χ3v) is 3.72. The molecule has 146 valence electrons. The second-order valence-electron chi connectivity index (χ2n) is 7.26. The van der Waals surface area contributed by atoms with E-state index in [-0.39, 0.29) is 12.3 Å². The molecule has 0 heterocycles. The highest BCUT2D eigenvalue weighted by Crippen LogP contribution is 2.31. The van der Waals surface area contributed by atoms with Gasteiger partial charge in [0.2, 0.25) is 5.91 Å². The molecule has 27 heavy (non-hydrogen) atoms. The molecule has 1 aliphatic carbocycles. The summed E-state index contributed by atoms with van der Waals surface area (Å²) >= 11 is 0. The molecule has 9 nitrogen and oxygen atoms in total. The van der Waals surface area contributed by atoms with Crippen LogP contribution >= 0.6 is 0 Å². The van der Waals surface area contributed by atoms with Crippen LogP contribution in [0.3, 0.4) is 0 Å². The first-order valence-electron chi connectivity index (χ1n) is 8.39. The van der Waals surface area contributed by atoms with Crippen LogP contribution in [0, 0.1) is 28.6 Å². The first kappa shape index (κ1) is 22.0. The summed E-state index contributed by atoms with van der Waals surface area (Å²) in [6.45, 7) is 7.56. The van der Waals surface area contributed by atoms with Gasteiger partial charge in [-0.05, 0) is 27.2 Å². The van der Waals surface area contributed by atoms with Crippen molar-refractivity contribution in [3.63, 3.8) is 0 Å². The smallest absolute Gasteiger partial charge is 0.407 e. The van der Waals surface area contributed by atoms with E-state index in [1.54, 1.807) is 39.0 Å². The van der Waals surface area contributed by atoms with Gasteiger partial charge in [0.05, 0.1) is 12.1 Å². The van der Waals surface area contributed by atoms with Crippen molar-refractivity contribution in [3.8, 4) is 12.1 Å². The molecule has 0 saturated heterocycles. The van der Waals surface area contributed by atoms with Gasteiger partial charge in [0.1, 0.15) is 17.7 Å². The molecule has 3 atom stereocenters. The molecular weight excluding hydrogens is 352 g/mol. The third kappa shape index (κ3) is 6.30. The molecule has 9 heteroatoms. The molecule has 1 aliphatic rings. The van der Waals surface area contributed by atoms with E-state index in [9.17, 15) is 24.9 Å². The van der Waals surface area contributed by atoms with Gasteiger partial charge in [0.25, 0.3) is 5.60 Å². The lowest BCUT2D eigenvalue weighted by atomic mass is 9.78. The minimum atomic E-state index is -2.03. The number of amides is 2. The fourth-order valence-corrected chi connectivity index (χ4v) is 2.72. The Labute approximate surface area is 158 Å². The molecule has 0 bridgehead atoms. The number of alkyl carbamates (subject to hydrolysis) is 1. The van der Waals surface area contributed by atoms with Gasteiger partial charge >= 0.3 is 12.1 Å². The van der Waals surface area contributed by atoms with Crippen LogP contribution in [-0.4, -0.2) is 41.3 Å². The fraction of sp³-hybridized carbons (Fsp3) is 0.611. The van der Waals surface area contributed by atoms with Gasteiger partial charge < -0.3 is 20.1 Å². The molecule has 2 amide bonds. The highest BCUT2D eigenvalue weighted by atomic mass is 16.6. The lowest BCUT2D eigenvalue weighted by molar-refractivity contribution is -0.150. The molecule has 1 unspecified atom stereocenters. The van der Waals surface area contributed by atoms with Crippen LogP contribution in [0.25, 0.3) is 0 Å². The Kier molecular flexibility index (Phi) is 6.95. The van der Waals surface area contributed by atoms with Crippen molar-refractivity contribution < 1.29 is 23.9 Å². The topological polar surface area (TPSA) is 141 Å². The quantitative estimate of drug-likeness (QED) is 0.556. The Morgan fingerprint density at radius 2 is 1.63 bits per heavy atom. The lowest BCUT2D eigenvalue weighted by Crippen LogP contribution is -2.55. The van der Waals surface area contributed by atoms with Crippen molar-refractivity contribution in [3.05, 3.63) is 12.2 Å². The number of carbonyl (C=O) groups excluding carboxylic acids is 3. The number of hydrogen-bond donors (Lipinski definition) is 2. The highest BCUT2D eigenvalue weighted by molar-refractivity contribution is 5.74. The van der Waals surface area contributed by atoms with Crippen molar-refractivity contribution in [2.45, 2.75) is 64.3 Å². The SMILES string of the molecule is CC(=O)N[C@H]1C=CC(C(C#N)(C#N)OC(C)=O)C[C@@H]1NC(=O)OC(C)(C)C. The van der Waals surface area contributed by atoms with Crippen LogP contribution in [0.15, 0.2) is 12.2 Å². The maximum atomic E-state index is 12.1. The van der Waals surface area contributed by atoms with Crippen LogP contribution in [0.5, 0.6) is 0 Å². The molecule has 0 aromatic rings. The molecule has 0 saturated carbocycles. The molecule has 1 rings (SSSR count). The fourth-order valence-electron chi connectivity index (χ4n) is 2.72. The Morgan fingerprint density at radius 3 is 2.07 bits per heavy atom. The number of nitrogens with zero attached hydrogens (tertiary/aromatic N) is 2. The number of nitriles is 2. The van der Waals surface area contributed by atoms with Crippen LogP contribution < -0.4 is 10.6 Å². The zero-order valence-corrected chi connectivity index (χ0v) is 16.0. The number of carbonyl (C=O) groups is 3. The van der Waals surface area contributed by atoms with E-state index in [1.807, 2.05) is 0 Å². The number of esters is 1. The van der Waals surface area contributed by atoms with E-state index in [0.717, 1.165) is 6.92 Å². The van der Waals surface area contributed by atoms with Gasteiger partial charge in [0, 0.05) is 19.8 Å². The molecule has 2 N–H and O–H groups in total. The van der Waals surface area contributed by atoms with Crippen molar-refractivity contribution in [2.24, 2.45) is 5.92 Å². The van der Waals surface area contributed by atoms with Gasteiger partial charge in [-0.2, -0.15) is 10.5 Å². The average molecular weight is 376 g/mol. The molecule has 0 aromatic carbocycles. The molecule has 0 aromatic heterocycles. The van der Waals surface area contributed by atoms with E-state index >= 15 is 0 Å². The Balaban J connectivity index is 3.12. The zero-order valence-electron chi connectivity index (χ0n) is 16.0. The van der Waals surface area contributed by atoms with E-state index in [2.05, 4.69) is 10.6 Å². The van der Waals surface area contributed by atoms with Crippen LogP contribution in [0.1, 0.15) is 41.0 Å². The van der Waals surface area contributed by atoms with Crippen LogP contribution in [0.2, 0.25) is 0 Å². The normalized spacial score (nSPS) is 22.0. The summed E-state index contributed by atoms with van der Waals surface area (Å²) in [6.07, 6.45) is 2.46. The standard InChI is InChI=1S/C18H24N4O5/c1-11(23)21-14-7-6-13(18(9-19,10-20)26-12(2)24)8-15(14)22-16(25)27-17(3,4)5/h6-7,13-15H,8H2,1-5H3,(H,21,23)(H,22,25)/t13?,14-,15-/m0/s1. The third-order valence-electron chi connectivity index (χ3n) is 3.72. The Morgan fingerprint density at radius 1 is 1.04 bits per heavy atom. The maximum Gasteiger partial charge on any atom is 0.407 e. The van der Waals surface area contributed by atoms with E-state index < -0.39 is 41.3 Å². The van der Waals surface area contributed by atoms with Gasteiger partial charge in [-0.15, -0.1) is 0 Å². The van der Waals surface area contributed by atoms with Crippen molar-refractivity contribution in [1.82, 2.24) is 10.6 Å². The minimum absolute atomic E-state index is 0.0785. The first-order chi connectivity index (χ1) is 12.4. The summed E-state index contributed by atoms with van der Waals surface area (Å²) in [4.78, 5) is 34.9. The monoisotopic (exact) mass is 376 g/mol. The summed E-state index contributed by atoms with van der Waals surface area (Å²) in [5.74, 6) is -1.89. The van der Waals surface area contributed by atoms with Gasteiger partial charge in [0.15, 0.2) is 0 Å². The first-order valence-corrected chi connectivity index (χ1v) is 8.39. The summed E-state index contributed by atoms with van der Waals surface area (Å²) in [5.41, 5.74) is -2.75. The predicted molar refractivity (Wildman–Crippen MR) is 93.7 cm³/mol. The summed E-state index contributed by atoms with van der Waals surface area (Å²) in [6, 6.07) is 2.25. The average Bonchev–Trinajstić information content (AvgIpc) is 2.51. The number of ether oxygens (including phenoxy) is 2. The van der Waals surface area contributed by atoms with Crippen LogP contribution in [0.4, 0.5) is 4.79 Å². The number of rotatable bonds is 4. The second kappa shape index (κ2) is 8.54. The predicted octanol–water partition coefficient (Wildman–Crippen LogP) is 1.31. The number of nitrogens with one attached hydrogen (secondary N) is 2. The molecular formula is C18H24N4O5. The molecule has 0 radical (unpaired) electrons. The van der Waals surface area contributed by atoms with E-state index in [1.165, 1.54) is 13.0 Å². The van der Waals surface area contributed by atoms with Crippen molar-refractivity contribution >= 4 is 18.0 Å². The molecule has 0 fully saturated rings. The summed E-state index contributed by atoms with van der Waals surface area (Å²) < 4.78 is 10.2. The maximum absolute atomic E-state index is 12.1.